The van der Waals surface area contributed by atoms with Crippen LogP contribution in [-0.2, 0) is 14.8 Å². The van der Waals surface area contributed by atoms with Gasteiger partial charge < -0.3 is 14.8 Å². The Balaban J connectivity index is 2.39. The average molecular weight is 304 g/mol. The van der Waals surface area contributed by atoms with Crippen LogP contribution in [0.25, 0.3) is 0 Å². The number of nitrogens with one attached hydrogen (secondary N) is 2. The third-order valence-corrected chi connectivity index (χ3v) is 3.85. The van der Waals surface area contributed by atoms with Crippen LogP contribution in [0, 0.1) is 5.92 Å². The number of hydrogen-bond acceptors (Lipinski definition) is 4. The summed E-state index contributed by atoms with van der Waals surface area (Å²) >= 11 is 0. The first-order chi connectivity index (χ1) is 9.33. The number of sulfonamides is 1. The van der Waals surface area contributed by atoms with Crippen LogP contribution in [0.4, 0.5) is 0 Å². The minimum absolute atomic E-state index is 0.0852. The molecule has 0 saturated carbocycles. The Morgan fingerprint density at radius 1 is 1.50 bits per heavy atom. The minimum Gasteiger partial charge on any atom is -0.477 e. The maximum absolute atomic E-state index is 11.8. The maximum atomic E-state index is 11.8. The van der Waals surface area contributed by atoms with Gasteiger partial charge in [-0.25, -0.2) is 17.9 Å². The molecule has 3 N–H and O–H groups in total. The zero-order valence-electron chi connectivity index (χ0n) is 11.5. The highest BCUT2D eigenvalue weighted by Crippen LogP contribution is 2.10. The Morgan fingerprint density at radius 2 is 2.20 bits per heavy atom. The molecule has 0 unspecified atom stereocenters. The van der Waals surface area contributed by atoms with Crippen LogP contribution in [0.3, 0.4) is 0 Å². The molecule has 0 atom stereocenters. The van der Waals surface area contributed by atoms with Crippen LogP contribution < -0.4 is 4.72 Å². The molecule has 1 heterocycles. The fourth-order valence-corrected chi connectivity index (χ4v) is 2.50. The molecule has 0 spiro atoms. The van der Waals surface area contributed by atoms with Gasteiger partial charge in [-0.3, -0.25) is 0 Å². The molecule has 0 fully saturated rings. The van der Waals surface area contributed by atoms with Crippen molar-refractivity contribution >= 4 is 16.0 Å². The number of carbonyl (C=O) groups is 1. The lowest BCUT2D eigenvalue weighted by atomic mass is 10.2. The fraction of sp³-hybridized carbons (Fsp3) is 0.583. The van der Waals surface area contributed by atoms with Crippen LogP contribution in [-0.4, -0.2) is 44.2 Å². The highest BCUT2D eigenvalue weighted by Gasteiger charge is 2.17. The van der Waals surface area contributed by atoms with Crippen molar-refractivity contribution in [1.82, 2.24) is 9.71 Å². The Bertz CT molecular complexity index is 536. The summed E-state index contributed by atoms with van der Waals surface area (Å²) in [5, 5.41) is 8.72. The molecule has 20 heavy (non-hydrogen) atoms. The van der Waals surface area contributed by atoms with Crippen molar-refractivity contribution in [1.29, 1.82) is 0 Å². The fourth-order valence-electron chi connectivity index (χ4n) is 1.44. The molecule has 1 aromatic rings. The zero-order valence-corrected chi connectivity index (χ0v) is 12.4. The summed E-state index contributed by atoms with van der Waals surface area (Å²) in [5.74, 6) is -0.755. The number of hydrogen-bond donors (Lipinski definition) is 3. The van der Waals surface area contributed by atoms with E-state index in [0.717, 1.165) is 12.3 Å². The molecule has 7 nitrogen and oxygen atoms in total. The van der Waals surface area contributed by atoms with Crippen LogP contribution in [0.15, 0.2) is 17.2 Å². The molecule has 0 bridgehead atoms. The smallest absolute Gasteiger partial charge is 0.352 e. The van der Waals surface area contributed by atoms with E-state index in [4.69, 9.17) is 9.84 Å². The van der Waals surface area contributed by atoms with E-state index in [0.29, 0.717) is 25.6 Å². The van der Waals surface area contributed by atoms with Crippen LogP contribution in [0.1, 0.15) is 30.8 Å². The van der Waals surface area contributed by atoms with E-state index in [9.17, 15) is 13.2 Å². The first-order valence-corrected chi connectivity index (χ1v) is 7.80. The van der Waals surface area contributed by atoms with Crippen LogP contribution >= 0.6 is 0 Å². The number of ether oxygens (including phenoxy) is 1. The lowest BCUT2D eigenvalue weighted by Crippen LogP contribution is -2.25. The SMILES string of the molecule is CC(C)COCCCNS(=O)(=O)c1c[nH]c(C(=O)O)c1. The molecule has 114 valence electrons. The highest BCUT2D eigenvalue weighted by atomic mass is 32.2. The molecule has 0 amide bonds. The number of H-pyrrole nitrogens is 1. The standard InChI is InChI=1S/C12H20N2O5S/c1-9(2)8-19-5-3-4-14-20(17,18)10-6-11(12(15)16)13-7-10/h6-7,9,13-14H,3-5,8H2,1-2H3,(H,15,16). The molecule has 0 aliphatic rings. The average Bonchev–Trinajstić information content (AvgIpc) is 2.83. The van der Waals surface area contributed by atoms with Crippen LogP contribution in [0.5, 0.6) is 0 Å². The molecule has 0 aliphatic heterocycles. The predicted molar refractivity (Wildman–Crippen MR) is 73.2 cm³/mol. The Hall–Kier alpha value is -1.38. The van der Waals surface area contributed by atoms with Crippen molar-refractivity contribution in [2.75, 3.05) is 19.8 Å². The summed E-state index contributed by atoms with van der Waals surface area (Å²) in [6.45, 7) is 5.44. The van der Waals surface area contributed by atoms with Gasteiger partial charge in [-0.15, -0.1) is 0 Å². The summed E-state index contributed by atoms with van der Waals surface area (Å²) in [6.07, 6.45) is 1.71. The van der Waals surface area contributed by atoms with Gasteiger partial charge in [-0.2, -0.15) is 0 Å². The molecule has 0 radical (unpaired) electrons. The molecule has 0 saturated heterocycles. The van der Waals surface area contributed by atoms with Gasteiger partial charge in [0, 0.05) is 26.0 Å². The van der Waals surface area contributed by atoms with E-state index >= 15 is 0 Å². The second-order valence-electron chi connectivity index (χ2n) is 4.77. The van der Waals surface area contributed by atoms with Crippen molar-refractivity contribution in [3.05, 3.63) is 18.0 Å². The van der Waals surface area contributed by atoms with E-state index in [1.165, 1.54) is 0 Å². The molecular weight excluding hydrogens is 284 g/mol. The topological polar surface area (TPSA) is 108 Å². The highest BCUT2D eigenvalue weighted by molar-refractivity contribution is 7.89. The van der Waals surface area contributed by atoms with E-state index in [1.807, 2.05) is 13.8 Å². The van der Waals surface area contributed by atoms with E-state index in [-0.39, 0.29) is 17.1 Å². The quantitative estimate of drug-likeness (QED) is 0.591. The second kappa shape index (κ2) is 7.41. The number of rotatable bonds is 9. The first-order valence-electron chi connectivity index (χ1n) is 6.32. The summed E-state index contributed by atoms with van der Waals surface area (Å²) in [5.41, 5.74) is -0.161. The molecule has 1 rings (SSSR count). The number of carboxylic acid groups (broad SMARTS) is 1. The largest absolute Gasteiger partial charge is 0.477 e. The third-order valence-electron chi connectivity index (χ3n) is 2.41. The van der Waals surface area contributed by atoms with E-state index < -0.39 is 16.0 Å². The Morgan fingerprint density at radius 3 is 2.75 bits per heavy atom. The lowest BCUT2D eigenvalue weighted by Gasteiger charge is -2.07. The number of aromatic amines is 1. The first kappa shape index (κ1) is 16.7. The Kier molecular flexibility index (Phi) is 6.18. The monoisotopic (exact) mass is 304 g/mol. The molecular formula is C12H20N2O5S. The van der Waals surface area contributed by atoms with Gasteiger partial charge in [-0.05, 0) is 18.4 Å². The van der Waals surface area contributed by atoms with Gasteiger partial charge in [0.15, 0.2) is 0 Å². The number of aromatic carboxylic acids is 1. The van der Waals surface area contributed by atoms with Gasteiger partial charge in [0.05, 0.1) is 0 Å². The van der Waals surface area contributed by atoms with Gasteiger partial charge in [0.2, 0.25) is 10.0 Å². The summed E-state index contributed by atoms with van der Waals surface area (Å²) < 4.78 is 31.4. The third kappa shape index (κ3) is 5.32. The summed E-state index contributed by atoms with van der Waals surface area (Å²) in [4.78, 5) is 13.0. The van der Waals surface area contributed by atoms with E-state index in [2.05, 4.69) is 9.71 Å². The number of carboxylic acids is 1. The maximum Gasteiger partial charge on any atom is 0.352 e. The molecule has 0 aliphatic carbocycles. The van der Waals surface area contributed by atoms with Gasteiger partial charge in [-0.1, -0.05) is 13.8 Å². The summed E-state index contributed by atoms with van der Waals surface area (Å²) in [6, 6.07) is 1.08. The van der Waals surface area contributed by atoms with Gasteiger partial charge in [0.1, 0.15) is 10.6 Å². The van der Waals surface area contributed by atoms with Gasteiger partial charge in [0.25, 0.3) is 0 Å². The predicted octanol–water partition coefficient (Wildman–Crippen LogP) is 1.05. The zero-order chi connectivity index (χ0) is 15.2. The van der Waals surface area contributed by atoms with Crippen LogP contribution in [0.2, 0.25) is 0 Å². The van der Waals surface area contributed by atoms with E-state index in [1.54, 1.807) is 0 Å². The summed E-state index contributed by atoms with van der Waals surface area (Å²) in [7, 11) is -3.68. The number of aromatic nitrogens is 1. The molecule has 8 heteroatoms. The van der Waals surface area contributed by atoms with Gasteiger partial charge >= 0.3 is 5.97 Å². The Labute approximate surface area is 118 Å². The van der Waals surface area contributed by atoms with Crippen molar-refractivity contribution in [2.45, 2.75) is 25.2 Å². The second-order valence-corrected chi connectivity index (χ2v) is 6.54. The molecule has 1 aromatic heterocycles. The lowest BCUT2D eigenvalue weighted by molar-refractivity contribution is 0.0691. The van der Waals surface area contributed by atoms with Crippen molar-refractivity contribution < 1.29 is 23.1 Å². The molecule has 0 aromatic carbocycles. The van der Waals surface area contributed by atoms with Crippen molar-refractivity contribution in [3.8, 4) is 0 Å². The van der Waals surface area contributed by atoms with Crippen molar-refractivity contribution in [3.63, 3.8) is 0 Å². The minimum atomic E-state index is -3.68. The van der Waals surface area contributed by atoms with Crippen molar-refractivity contribution in [2.24, 2.45) is 5.92 Å². The normalized spacial score (nSPS) is 11.9.